The summed E-state index contributed by atoms with van der Waals surface area (Å²) in [5, 5.41) is 2.97. The quantitative estimate of drug-likeness (QED) is 0.667. The van der Waals surface area contributed by atoms with E-state index in [0.29, 0.717) is 42.5 Å². The molecule has 0 aliphatic carbocycles. The molecule has 10 heteroatoms. The number of hydrogen-bond acceptors (Lipinski definition) is 4. The van der Waals surface area contributed by atoms with Crippen molar-refractivity contribution in [1.29, 1.82) is 0 Å². The molecule has 0 atom stereocenters. The summed E-state index contributed by atoms with van der Waals surface area (Å²) in [6.45, 7) is 4.94. The lowest BCUT2D eigenvalue weighted by Gasteiger charge is -2.35. The summed E-state index contributed by atoms with van der Waals surface area (Å²) in [5.74, 6) is -1.15. The molecular formula is C21H21ClFN5O3. The van der Waals surface area contributed by atoms with Gasteiger partial charge in [0, 0.05) is 54.2 Å². The van der Waals surface area contributed by atoms with Crippen LogP contribution < -0.4 is 5.56 Å². The average molecular weight is 446 g/mol. The minimum atomic E-state index is -0.621. The van der Waals surface area contributed by atoms with Crippen molar-refractivity contribution >= 4 is 29.1 Å². The Hall–Kier alpha value is -3.20. The zero-order chi connectivity index (χ0) is 22.3. The third-order valence-corrected chi connectivity index (χ3v) is 5.84. The first kappa shape index (κ1) is 21.0. The lowest BCUT2D eigenvalue weighted by atomic mass is 10.1. The average Bonchev–Trinajstić information content (AvgIpc) is 3.12. The van der Waals surface area contributed by atoms with Crippen LogP contribution in [0.25, 0.3) is 5.65 Å². The van der Waals surface area contributed by atoms with E-state index >= 15 is 0 Å². The second-order valence-corrected chi connectivity index (χ2v) is 7.99. The molecule has 3 heterocycles. The summed E-state index contributed by atoms with van der Waals surface area (Å²) in [7, 11) is 0. The Bertz CT molecular complexity index is 1240. The first-order valence-electron chi connectivity index (χ1n) is 9.84. The Morgan fingerprint density at radius 3 is 2.52 bits per heavy atom. The van der Waals surface area contributed by atoms with Gasteiger partial charge in [-0.15, -0.1) is 0 Å². The number of carbonyl (C=O) groups is 2. The van der Waals surface area contributed by atoms with Gasteiger partial charge in [-0.3, -0.25) is 19.5 Å². The highest BCUT2D eigenvalue weighted by Crippen LogP contribution is 2.19. The van der Waals surface area contributed by atoms with Crippen LogP contribution in [0.15, 0.2) is 29.1 Å². The largest absolute Gasteiger partial charge is 0.339 e. The number of H-pyrrole nitrogens is 1. The number of amides is 2. The molecule has 1 aromatic carbocycles. The molecule has 0 unspecified atom stereocenters. The minimum absolute atomic E-state index is 0.0707. The van der Waals surface area contributed by atoms with Gasteiger partial charge in [0.15, 0.2) is 5.65 Å². The van der Waals surface area contributed by atoms with Crippen molar-refractivity contribution in [2.75, 3.05) is 26.2 Å². The molecule has 0 saturated carbocycles. The molecule has 1 saturated heterocycles. The van der Waals surface area contributed by atoms with E-state index in [1.807, 2.05) is 13.8 Å². The van der Waals surface area contributed by atoms with Crippen molar-refractivity contribution in [2.24, 2.45) is 0 Å². The molecule has 1 fully saturated rings. The van der Waals surface area contributed by atoms with Crippen LogP contribution in [0.3, 0.4) is 0 Å². The fraction of sp³-hybridized carbons (Fsp3) is 0.333. The summed E-state index contributed by atoms with van der Waals surface area (Å²) >= 11 is 5.89. The van der Waals surface area contributed by atoms with Gasteiger partial charge in [-0.25, -0.2) is 13.9 Å². The standard InChI is InChI=1S/C21H21ClFN5O3/c1-12-15(13(2)28-18(24-12)11-19(29)25-28)10-20(30)26-5-7-27(8-6-26)21(31)16-9-14(22)3-4-17(16)23/h3-4,9,11H,5-8,10H2,1-2H3,(H,25,29). The Morgan fingerprint density at radius 2 is 1.81 bits per heavy atom. The highest BCUT2D eigenvalue weighted by molar-refractivity contribution is 6.31. The fourth-order valence-electron chi connectivity index (χ4n) is 3.87. The predicted molar refractivity (Wildman–Crippen MR) is 113 cm³/mol. The maximum Gasteiger partial charge on any atom is 0.266 e. The maximum absolute atomic E-state index is 14.0. The number of nitrogens with zero attached hydrogens (tertiary/aromatic N) is 4. The smallest absolute Gasteiger partial charge is 0.266 e. The second kappa shape index (κ2) is 8.14. The first-order valence-corrected chi connectivity index (χ1v) is 10.2. The number of halogens is 2. The molecule has 1 N–H and O–H groups in total. The number of aromatic nitrogens is 3. The number of carbonyl (C=O) groups excluding carboxylic acids is 2. The molecule has 3 aromatic rings. The van der Waals surface area contributed by atoms with Crippen LogP contribution >= 0.6 is 11.6 Å². The van der Waals surface area contributed by atoms with Gasteiger partial charge in [0.25, 0.3) is 11.5 Å². The topological polar surface area (TPSA) is 90.8 Å². The van der Waals surface area contributed by atoms with Gasteiger partial charge in [-0.05, 0) is 32.0 Å². The number of rotatable bonds is 3. The molecule has 2 aromatic heterocycles. The van der Waals surface area contributed by atoms with Gasteiger partial charge in [0.2, 0.25) is 5.91 Å². The number of piperazine rings is 1. The van der Waals surface area contributed by atoms with Crippen molar-refractivity contribution in [3.8, 4) is 0 Å². The summed E-state index contributed by atoms with van der Waals surface area (Å²) < 4.78 is 15.6. The molecule has 1 aliphatic heterocycles. The van der Waals surface area contributed by atoms with Crippen LogP contribution in [-0.4, -0.2) is 62.4 Å². The highest BCUT2D eigenvalue weighted by Gasteiger charge is 2.27. The number of hydrogen-bond donors (Lipinski definition) is 1. The summed E-state index contributed by atoms with van der Waals surface area (Å²) in [4.78, 5) is 44.7. The van der Waals surface area contributed by atoms with E-state index in [4.69, 9.17) is 11.6 Å². The van der Waals surface area contributed by atoms with Gasteiger partial charge >= 0.3 is 0 Å². The summed E-state index contributed by atoms with van der Waals surface area (Å²) in [6, 6.07) is 5.29. The van der Waals surface area contributed by atoms with Gasteiger partial charge in [0.05, 0.1) is 12.0 Å². The van der Waals surface area contributed by atoms with E-state index in [-0.39, 0.29) is 23.5 Å². The van der Waals surface area contributed by atoms with Crippen LogP contribution in [0, 0.1) is 19.7 Å². The summed E-state index contributed by atoms with van der Waals surface area (Å²) in [6.07, 6.45) is 0.137. The lowest BCUT2D eigenvalue weighted by molar-refractivity contribution is -0.131. The molecule has 0 bridgehead atoms. The molecular weight excluding hydrogens is 425 g/mol. The van der Waals surface area contributed by atoms with E-state index in [1.165, 1.54) is 29.2 Å². The number of aryl methyl sites for hydroxylation is 2. The molecule has 31 heavy (non-hydrogen) atoms. The third-order valence-electron chi connectivity index (χ3n) is 5.61. The minimum Gasteiger partial charge on any atom is -0.339 e. The van der Waals surface area contributed by atoms with E-state index in [0.717, 1.165) is 11.3 Å². The van der Waals surface area contributed by atoms with E-state index < -0.39 is 11.7 Å². The van der Waals surface area contributed by atoms with Crippen molar-refractivity contribution in [3.05, 3.63) is 68.0 Å². The Morgan fingerprint density at radius 1 is 1.13 bits per heavy atom. The van der Waals surface area contributed by atoms with Crippen LogP contribution in [0.2, 0.25) is 5.02 Å². The number of benzene rings is 1. The first-order chi connectivity index (χ1) is 14.7. The van der Waals surface area contributed by atoms with Gasteiger partial charge in [-0.1, -0.05) is 11.6 Å². The molecule has 4 rings (SSSR count). The zero-order valence-electron chi connectivity index (χ0n) is 17.1. The molecule has 1 aliphatic rings. The number of nitrogens with one attached hydrogen (secondary N) is 1. The van der Waals surface area contributed by atoms with Crippen molar-refractivity contribution in [2.45, 2.75) is 20.3 Å². The SMILES string of the molecule is Cc1nc2cc(=O)[nH]n2c(C)c1CC(=O)N1CCN(C(=O)c2cc(Cl)ccc2F)CC1. The van der Waals surface area contributed by atoms with Crippen molar-refractivity contribution < 1.29 is 14.0 Å². The summed E-state index contributed by atoms with van der Waals surface area (Å²) in [5.41, 5.74) is 2.38. The van der Waals surface area contributed by atoms with Gasteiger partial charge in [0.1, 0.15) is 5.82 Å². The molecule has 2 amide bonds. The zero-order valence-corrected chi connectivity index (χ0v) is 17.9. The van der Waals surface area contributed by atoms with Gasteiger partial charge < -0.3 is 9.80 Å². The number of aromatic amines is 1. The molecule has 0 spiro atoms. The maximum atomic E-state index is 14.0. The van der Waals surface area contributed by atoms with E-state index in [1.54, 1.807) is 9.42 Å². The van der Waals surface area contributed by atoms with Crippen LogP contribution in [0.1, 0.15) is 27.3 Å². The van der Waals surface area contributed by atoms with Crippen LogP contribution in [0.5, 0.6) is 0 Å². The third kappa shape index (κ3) is 4.05. The Labute approximate surface area is 182 Å². The Balaban J connectivity index is 1.44. The predicted octanol–water partition coefficient (Wildman–Crippen LogP) is 1.96. The molecule has 0 radical (unpaired) electrons. The normalized spacial score (nSPS) is 14.3. The van der Waals surface area contributed by atoms with Crippen molar-refractivity contribution in [1.82, 2.24) is 24.4 Å². The lowest BCUT2D eigenvalue weighted by Crippen LogP contribution is -2.51. The second-order valence-electron chi connectivity index (χ2n) is 7.55. The monoisotopic (exact) mass is 445 g/mol. The van der Waals surface area contributed by atoms with E-state index in [9.17, 15) is 18.8 Å². The highest BCUT2D eigenvalue weighted by atomic mass is 35.5. The fourth-order valence-corrected chi connectivity index (χ4v) is 4.04. The molecule has 162 valence electrons. The van der Waals surface area contributed by atoms with E-state index in [2.05, 4.69) is 10.1 Å². The van der Waals surface area contributed by atoms with Crippen LogP contribution in [0.4, 0.5) is 4.39 Å². The molecule has 8 nitrogen and oxygen atoms in total. The Kier molecular flexibility index (Phi) is 5.53. The van der Waals surface area contributed by atoms with Crippen molar-refractivity contribution in [3.63, 3.8) is 0 Å². The number of fused-ring (bicyclic) bond motifs is 1. The van der Waals surface area contributed by atoms with Crippen LogP contribution in [-0.2, 0) is 11.2 Å². The van der Waals surface area contributed by atoms with Gasteiger partial charge in [-0.2, -0.15) is 0 Å².